The molecule has 0 saturated heterocycles. The molecule has 0 amide bonds. The van der Waals surface area contributed by atoms with Crippen LogP contribution >= 0.6 is 0 Å². The van der Waals surface area contributed by atoms with Crippen molar-refractivity contribution < 1.29 is 26.3 Å². The van der Waals surface area contributed by atoms with E-state index in [-0.39, 0.29) is 0 Å². The van der Waals surface area contributed by atoms with Crippen LogP contribution in [0.15, 0.2) is 109 Å². The van der Waals surface area contributed by atoms with Crippen molar-refractivity contribution in [1.82, 2.24) is 0 Å². The molecular weight excluding hydrogens is 815 g/mol. The van der Waals surface area contributed by atoms with Crippen LogP contribution in [0, 0.1) is 23.7 Å². The van der Waals surface area contributed by atoms with Gasteiger partial charge in [0.25, 0.3) is 0 Å². The van der Waals surface area contributed by atoms with Gasteiger partial charge in [-0.1, -0.05) is 126 Å². The molecule has 5 rings (SSSR count). The van der Waals surface area contributed by atoms with Crippen LogP contribution in [0.1, 0.15) is 135 Å². The fourth-order valence-electron chi connectivity index (χ4n) is 6.99. The predicted molar refractivity (Wildman–Crippen MR) is 256 cm³/mol. The van der Waals surface area contributed by atoms with E-state index in [0.29, 0.717) is 33.4 Å². The maximum absolute atomic E-state index is 13.4. The molecule has 5 aromatic carbocycles. The molecule has 0 aliphatic heterocycles. The monoisotopic (exact) mass is 872 g/mol. The van der Waals surface area contributed by atoms with Gasteiger partial charge in [0.05, 0.1) is 11.1 Å². The Balaban J connectivity index is 1.59. The molecule has 0 bridgehead atoms. The second kappa shape index (κ2) is 24.1. The van der Waals surface area contributed by atoms with Crippen molar-refractivity contribution in [2.24, 2.45) is 0 Å². The van der Waals surface area contributed by atoms with Gasteiger partial charge in [-0.15, -0.1) is 0 Å². The molecule has 2 nitrogen and oxygen atoms in total. The van der Waals surface area contributed by atoms with Gasteiger partial charge in [0.15, 0.2) is 0 Å². The Morgan fingerprint density at radius 1 is 0.406 bits per heavy atom. The second-order valence-corrected chi connectivity index (χ2v) is 15.9. The smallest absolute Gasteiger partial charge is 0.372 e. The Kier molecular flexibility index (Phi) is 18.4. The van der Waals surface area contributed by atoms with Crippen molar-refractivity contribution in [3.63, 3.8) is 0 Å². The number of unbranched alkanes of at least 4 members (excludes halogenated alkanes) is 4. The fourth-order valence-corrected chi connectivity index (χ4v) is 6.99. The molecule has 0 N–H and O–H groups in total. The highest BCUT2D eigenvalue weighted by Crippen LogP contribution is 2.31. The maximum Gasteiger partial charge on any atom is 0.416 e. The van der Waals surface area contributed by atoms with Gasteiger partial charge in [-0.2, -0.15) is 26.3 Å². The summed E-state index contributed by atoms with van der Waals surface area (Å²) < 4.78 is 80.1. The number of halogens is 6. The standard InChI is InChI=1S/C56H58F6N2/c1-5-9-37-63(38-10-6-2)53-33-21-45(22-34-53)15-27-49-41-48(26-14-44-19-31-52(32-20-44)56(60,61)62)50(42-47(49)25-13-43-17-29-51(30-18-43)55(57,58)59)28-16-46-23-35-54(36-24-46)64(39-11-7-3)40-12-8-4/h15-24,27-36,41-42H,5-12,37-40H2,1-4H3/b27-15+,28-16+. The van der Waals surface area contributed by atoms with E-state index in [9.17, 15) is 26.3 Å². The first-order valence-corrected chi connectivity index (χ1v) is 22.4. The lowest BCUT2D eigenvalue weighted by Gasteiger charge is -2.24. The van der Waals surface area contributed by atoms with E-state index in [1.807, 2.05) is 36.4 Å². The molecule has 0 heterocycles. The van der Waals surface area contributed by atoms with Crippen LogP contribution in [0.25, 0.3) is 24.3 Å². The number of rotatable bonds is 18. The second-order valence-electron chi connectivity index (χ2n) is 15.9. The Bertz CT molecular complexity index is 2210. The van der Waals surface area contributed by atoms with E-state index in [1.54, 1.807) is 0 Å². The highest BCUT2D eigenvalue weighted by Gasteiger charge is 2.30. The minimum absolute atomic E-state index is 0.421. The van der Waals surface area contributed by atoms with E-state index < -0.39 is 23.5 Å². The molecule has 0 aromatic heterocycles. The lowest BCUT2D eigenvalue weighted by molar-refractivity contribution is -0.138. The summed E-state index contributed by atoms with van der Waals surface area (Å²) in [6, 6.07) is 30.1. The molecule has 0 atom stereocenters. The average Bonchev–Trinajstić information content (AvgIpc) is 3.29. The Morgan fingerprint density at radius 2 is 0.719 bits per heavy atom. The van der Waals surface area contributed by atoms with E-state index in [4.69, 9.17) is 0 Å². The van der Waals surface area contributed by atoms with Crippen LogP contribution < -0.4 is 9.80 Å². The Labute approximate surface area is 376 Å². The van der Waals surface area contributed by atoms with Gasteiger partial charge in [0, 0.05) is 59.8 Å². The molecular formula is C56H58F6N2. The predicted octanol–water partition coefficient (Wildman–Crippen LogP) is 15.7. The van der Waals surface area contributed by atoms with Crippen molar-refractivity contribution >= 4 is 35.7 Å². The molecule has 0 aliphatic rings. The number of alkyl halides is 6. The molecule has 0 saturated carbocycles. The largest absolute Gasteiger partial charge is 0.416 e. The molecule has 5 aromatic rings. The van der Waals surface area contributed by atoms with Gasteiger partial charge in [-0.3, -0.25) is 0 Å². The number of benzene rings is 5. The van der Waals surface area contributed by atoms with Crippen LogP contribution in [0.3, 0.4) is 0 Å². The quantitative estimate of drug-likeness (QED) is 0.0492. The van der Waals surface area contributed by atoms with Crippen molar-refractivity contribution in [3.8, 4) is 23.7 Å². The van der Waals surface area contributed by atoms with Crippen LogP contribution in [-0.4, -0.2) is 26.2 Å². The molecule has 0 unspecified atom stereocenters. The minimum atomic E-state index is -4.46. The third-order valence-corrected chi connectivity index (χ3v) is 10.9. The Morgan fingerprint density at radius 3 is 1.00 bits per heavy atom. The van der Waals surface area contributed by atoms with E-state index in [0.717, 1.165) is 113 Å². The third kappa shape index (κ3) is 15.0. The van der Waals surface area contributed by atoms with E-state index in [2.05, 4.69) is 110 Å². The van der Waals surface area contributed by atoms with Crippen LogP contribution in [0.4, 0.5) is 37.7 Å². The third-order valence-electron chi connectivity index (χ3n) is 10.9. The first-order chi connectivity index (χ1) is 30.8. The summed E-state index contributed by atoms with van der Waals surface area (Å²) in [6.07, 6.45) is 7.82. The number of hydrogen-bond donors (Lipinski definition) is 0. The number of anilines is 2. The minimum Gasteiger partial charge on any atom is -0.372 e. The molecule has 334 valence electrons. The molecule has 0 spiro atoms. The highest BCUT2D eigenvalue weighted by molar-refractivity contribution is 5.80. The lowest BCUT2D eigenvalue weighted by Crippen LogP contribution is -2.25. The summed E-state index contributed by atoms with van der Waals surface area (Å²) in [5, 5.41) is 0. The maximum atomic E-state index is 13.4. The van der Waals surface area contributed by atoms with Gasteiger partial charge >= 0.3 is 12.4 Å². The first-order valence-electron chi connectivity index (χ1n) is 22.4. The highest BCUT2D eigenvalue weighted by atomic mass is 19.4. The lowest BCUT2D eigenvalue weighted by atomic mass is 9.96. The normalized spacial score (nSPS) is 11.7. The van der Waals surface area contributed by atoms with Gasteiger partial charge < -0.3 is 9.80 Å². The van der Waals surface area contributed by atoms with E-state index in [1.165, 1.54) is 35.6 Å². The van der Waals surface area contributed by atoms with Gasteiger partial charge in [0.1, 0.15) is 0 Å². The summed E-state index contributed by atoms with van der Waals surface area (Å²) >= 11 is 0. The Hall–Kier alpha value is -6.12. The van der Waals surface area contributed by atoms with E-state index >= 15 is 0 Å². The number of hydrogen-bond acceptors (Lipinski definition) is 2. The molecule has 0 radical (unpaired) electrons. The van der Waals surface area contributed by atoms with Gasteiger partial charge in [-0.25, -0.2) is 0 Å². The van der Waals surface area contributed by atoms with Crippen LogP contribution in [0.2, 0.25) is 0 Å². The van der Waals surface area contributed by atoms with Crippen molar-refractivity contribution in [1.29, 1.82) is 0 Å². The van der Waals surface area contributed by atoms with Crippen LogP contribution in [0.5, 0.6) is 0 Å². The van der Waals surface area contributed by atoms with Crippen molar-refractivity contribution in [3.05, 3.63) is 165 Å². The first kappa shape index (κ1) is 48.9. The zero-order chi connectivity index (χ0) is 46.0. The zero-order valence-corrected chi connectivity index (χ0v) is 37.3. The molecule has 64 heavy (non-hydrogen) atoms. The topological polar surface area (TPSA) is 6.48 Å². The van der Waals surface area contributed by atoms with Gasteiger partial charge in [-0.05, 0) is 133 Å². The summed E-state index contributed by atoms with van der Waals surface area (Å²) in [7, 11) is 0. The summed E-state index contributed by atoms with van der Waals surface area (Å²) in [6.45, 7) is 12.7. The van der Waals surface area contributed by atoms with Crippen molar-refractivity contribution in [2.75, 3.05) is 36.0 Å². The number of nitrogens with zero attached hydrogens (tertiary/aromatic N) is 2. The summed E-state index contributed by atoms with van der Waals surface area (Å²) in [5.41, 5.74) is 6.27. The SMILES string of the molecule is CCCCN(CCCC)c1ccc(/C=C/c2cc(C#Cc3ccc(C(F)(F)F)cc3)c(/C=C/c3ccc(N(CCCC)CCCC)cc3)cc2C#Cc2ccc(C(F)(F)F)cc2)cc1. The molecule has 0 fully saturated rings. The fraction of sp³-hybridized carbons (Fsp3) is 0.321. The van der Waals surface area contributed by atoms with Gasteiger partial charge in [0.2, 0.25) is 0 Å². The van der Waals surface area contributed by atoms with Crippen molar-refractivity contribution in [2.45, 2.75) is 91.4 Å². The summed E-state index contributed by atoms with van der Waals surface area (Å²) in [4.78, 5) is 4.85. The zero-order valence-electron chi connectivity index (χ0n) is 37.3. The molecule has 0 aliphatic carbocycles. The molecule has 8 heteroatoms. The van der Waals surface area contributed by atoms with Crippen LogP contribution in [-0.2, 0) is 12.4 Å². The average molecular weight is 873 g/mol. The summed E-state index contributed by atoms with van der Waals surface area (Å²) in [5.74, 6) is 12.6.